The third-order valence-electron chi connectivity index (χ3n) is 3.21. The molecule has 0 radical (unpaired) electrons. The molecule has 0 aliphatic rings. The maximum atomic E-state index is 12.4. The van der Waals surface area contributed by atoms with Gasteiger partial charge in [0.25, 0.3) is 0 Å². The van der Waals surface area contributed by atoms with Gasteiger partial charge in [0.2, 0.25) is 10.0 Å². The van der Waals surface area contributed by atoms with Crippen LogP contribution in [0, 0.1) is 6.92 Å². The second-order valence-corrected chi connectivity index (χ2v) is 7.17. The van der Waals surface area contributed by atoms with Crippen molar-refractivity contribution in [3.63, 3.8) is 0 Å². The quantitative estimate of drug-likeness (QED) is 0.819. The fraction of sp³-hybridized carbons (Fsp3) is 0.375. The zero-order valence-electron chi connectivity index (χ0n) is 14.3. The summed E-state index contributed by atoms with van der Waals surface area (Å²) in [4.78, 5) is 10.6. The van der Waals surface area contributed by atoms with Crippen LogP contribution in [-0.2, 0) is 16.6 Å². The topological polar surface area (TPSA) is 84.4 Å². The van der Waals surface area contributed by atoms with E-state index in [1.54, 1.807) is 12.1 Å². The van der Waals surface area contributed by atoms with E-state index in [0.29, 0.717) is 18.2 Å². The highest BCUT2D eigenvalue weighted by Gasteiger charge is 2.15. The molecule has 0 saturated heterocycles. The van der Waals surface area contributed by atoms with E-state index in [-0.39, 0.29) is 11.4 Å². The standard InChI is InChI=1S/C16H22N4O3S/c1-5-23-13-6-8-14(9-7-13)24(21,22)17-11-15-18-12(2)10-16(19-15)20(3)4/h6-10,17H,5,11H2,1-4H3. The van der Waals surface area contributed by atoms with Crippen LogP contribution in [0.5, 0.6) is 5.75 Å². The minimum atomic E-state index is -3.64. The van der Waals surface area contributed by atoms with Crippen LogP contribution >= 0.6 is 0 Å². The van der Waals surface area contributed by atoms with Crippen LogP contribution in [-0.4, -0.2) is 39.1 Å². The van der Waals surface area contributed by atoms with Gasteiger partial charge in [-0.05, 0) is 38.1 Å². The summed E-state index contributed by atoms with van der Waals surface area (Å²) >= 11 is 0. The van der Waals surface area contributed by atoms with Crippen molar-refractivity contribution in [2.45, 2.75) is 25.3 Å². The van der Waals surface area contributed by atoms with E-state index in [9.17, 15) is 8.42 Å². The molecule has 0 aliphatic heterocycles. The second-order valence-electron chi connectivity index (χ2n) is 5.41. The number of anilines is 1. The van der Waals surface area contributed by atoms with Gasteiger partial charge in [0.1, 0.15) is 17.4 Å². The van der Waals surface area contributed by atoms with Crippen LogP contribution < -0.4 is 14.4 Å². The van der Waals surface area contributed by atoms with Gasteiger partial charge in [0.05, 0.1) is 18.0 Å². The molecule has 1 heterocycles. The predicted octanol–water partition coefficient (Wildman–Crippen LogP) is 1.73. The van der Waals surface area contributed by atoms with Crippen LogP contribution in [0.4, 0.5) is 5.82 Å². The summed E-state index contributed by atoms with van der Waals surface area (Å²) < 4.78 is 32.6. The van der Waals surface area contributed by atoms with E-state index in [1.807, 2.05) is 38.9 Å². The Morgan fingerprint density at radius 2 is 1.83 bits per heavy atom. The van der Waals surface area contributed by atoms with Crippen molar-refractivity contribution in [3.8, 4) is 5.75 Å². The Labute approximate surface area is 142 Å². The SMILES string of the molecule is CCOc1ccc(S(=O)(=O)NCc2nc(C)cc(N(C)C)n2)cc1. The Morgan fingerprint density at radius 1 is 1.17 bits per heavy atom. The van der Waals surface area contributed by atoms with Gasteiger partial charge in [-0.1, -0.05) is 0 Å². The smallest absolute Gasteiger partial charge is 0.240 e. The van der Waals surface area contributed by atoms with Crippen LogP contribution in [0.2, 0.25) is 0 Å². The number of hydrogen-bond acceptors (Lipinski definition) is 6. The summed E-state index contributed by atoms with van der Waals surface area (Å²) in [5.41, 5.74) is 0.781. The Hall–Kier alpha value is -2.19. The molecule has 0 saturated carbocycles. The highest BCUT2D eigenvalue weighted by atomic mass is 32.2. The molecule has 0 fully saturated rings. The van der Waals surface area contributed by atoms with Gasteiger partial charge in [-0.25, -0.2) is 23.1 Å². The third kappa shape index (κ3) is 4.65. The number of benzene rings is 1. The molecule has 1 N–H and O–H groups in total. The lowest BCUT2D eigenvalue weighted by atomic mass is 10.3. The van der Waals surface area contributed by atoms with Gasteiger partial charge >= 0.3 is 0 Å². The average Bonchev–Trinajstić information content (AvgIpc) is 2.53. The second kappa shape index (κ2) is 7.59. The molecule has 0 aliphatic carbocycles. The molecule has 130 valence electrons. The minimum absolute atomic E-state index is 0.0259. The lowest BCUT2D eigenvalue weighted by molar-refractivity contribution is 0.340. The normalized spacial score (nSPS) is 11.3. The Bertz CT molecular complexity index is 789. The van der Waals surface area contributed by atoms with Crippen molar-refractivity contribution in [2.75, 3.05) is 25.6 Å². The Morgan fingerprint density at radius 3 is 2.42 bits per heavy atom. The van der Waals surface area contributed by atoms with Crippen molar-refractivity contribution < 1.29 is 13.2 Å². The van der Waals surface area contributed by atoms with E-state index < -0.39 is 10.0 Å². The Kier molecular flexibility index (Phi) is 5.74. The minimum Gasteiger partial charge on any atom is -0.494 e. The van der Waals surface area contributed by atoms with E-state index >= 15 is 0 Å². The molecule has 7 nitrogen and oxygen atoms in total. The fourth-order valence-electron chi connectivity index (χ4n) is 2.04. The lowest BCUT2D eigenvalue weighted by Gasteiger charge is -2.13. The summed E-state index contributed by atoms with van der Waals surface area (Å²) in [6.45, 7) is 4.27. The molecule has 2 rings (SSSR count). The number of nitrogens with zero attached hydrogens (tertiary/aromatic N) is 3. The number of aromatic nitrogens is 2. The largest absolute Gasteiger partial charge is 0.494 e. The van der Waals surface area contributed by atoms with Crippen LogP contribution in [0.15, 0.2) is 35.2 Å². The van der Waals surface area contributed by atoms with Crippen molar-refractivity contribution in [2.24, 2.45) is 0 Å². The summed E-state index contributed by atoms with van der Waals surface area (Å²) in [5.74, 6) is 1.79. The zero-order valence-corrected chi connectivity index (χ0v) is 15.1. The van der Waals surface area contributed by atoms with Crippen molar-refractivity contribution >= 4 is 15.8 Å². The first-order valence-electron chi connectivity index (χ1n) is 7.56. The first kappa shape index (κ1) is 18.2. The molecule has 24 heavy (non-hydrogen) atoms. The first-order valence-corrected chi connectivity index (χ1v) is 9.04. The lowest BCUT2D eigenvalue weighted by Crippen LogP contribution is -2.25. The first-order chi connectivity index (χ1) is 11.3. The summed E-state index contributed by atoms with van der Waals surface area (Å²) in [6.07, 6.45) is 0. The monoisotopic (exact) mass is 350 g/mol. The molecule has 0 bridgehead atoms. The van der Waals surface area contributed by atoms with Gasteiger partial charge in [0.15, 0.2) is 0 Å². The number of ether oxygens (including phenoxy) is 1. The number of aryl methyl sites for hydroxylation is 1. The molecule has 1 aromatic carbocycles. The molecule has 0 unspecified atom stereocenters. The molecule has 0 spiro atoms. The number of hydrogen-bond donors (Lipinski definition) is 1. The number of nitrogens with one attached hydrogen (secondary N) is 1. The average molecular weight is 350 g/mol. The molecule has 0 atom stereocenters. The Balaban J connectivity index is 2.12. The van der Waals surface area contributed by atoms with E-state index in [4.69, 9.17) is 4.74 Å². The van der Waals surface area contributed by atoms with Crippen LogP contribution in [0.1, 0.15) is 18.4 Å². The molecule has 1 aromatic heterocycles. The summed E-state index contributed by atoms with van der Waals surface area (Å²) in [7, 11) is 0.106. The zero-order chi connectivity index (χ0) is 17.7. The number of rotatable bonds is 7. The number of sulfonamides is 1. The van der Waals surface area contributed by atoms with E-state index in [1.165, 1.54) is 12.1 Å². The van der Waals surface area contributed by atoms with Gasteiger partial charge in [-0.2, -0.15) is 0 Å². The fourth-order valence-corrected chi connectivity index (χ4v) is 3.03. The predicted molar refractivity (Wildman–Crippen MR) is 92.7 cm³/mol. The summed E-state index contributed by atoms with van der Waals surface area (Å²) in [5, 5.41) is 0. The highest BCUT2D eigenvalue weighted by molar-refractivity contribution is 7.89. The molecular weight excluding hydrogens is 328 g/mol. The van der Waals surface area contributed by atoms with Crippen LogP contribution in [0.25, 0.3) is 0 Å². The molecule has 8 heteroatoms. The highest BCUT2D eigenvalue weighted by Crippen LogP contribution is 2.16. The maximum absolute atomic E-state index is 12.4. The van der Waals surface area contributed by atoms with Crippen molar-refractivity contribution in [1.29, 1.82) is 0 Å². The molecule has 0 amide bonds. The van der Waals surface area contributed by atoms with E-state index in [0.717, 1.165) is 11.5 Å². The molecule has 2 aromatic rings. The maximum Gasteiger partial charge on any atom is 0.240 e. The van der Waals surface area contributed by atoms with Crippen molar-refractivity contribution in [1.82, 2.24) is 14.7 Å². The summed E-state index contributed by atoms with van der Waals surface area (Å²) in [6, 6.07) is 8.12. The van der Waals surface area contributed by atoms with Gasteiger partial charge in [-0.3, -0.25) is 0 Å². The van der Waals surface area contributed by atoms with Gasteiger partial charge in [-0.15, -0.1) is 0 Å². The van der Waals surface area contributed by atoms with Gasteiger partial charge < -0.3 is 9.64 Å². The van der Waals surface area contributed by atoms with Crippen molar-refractivity contribution in [3.05, 3.63) is 41.9 Å². The third-order valence-corrected chi connectivity index (χ3v) is 4.63. The van der Waals surface area contributed by atoms with Crippen LogP contribution in [0.3, 0.4) is 0 Å². The van der Waals surface area contributed by atoms with Gasteiger partial charge in [0, 0.05) is 25.9 Å². The molecular formula is C16H22N4O3S. The van der Waals surface area contributed by atoms with E-state index in [2.05, 4.69) is 14.7 Å².